The topological polar surface area (TPSA) is 96.5 Å². The zero-order valence-corrected chi connectivity index (χ0v) is 14.8. The van der Waals surface area contributed by atoms with Crippen LogP contribution >= 0.6 is 0 Å². The minimum Gasteiger partial charge on any atom is -0.352 e. The van der Waals surface area contributed by atoms with E-state index in [4.69, 9.17) is 4.98 Å². The van der Waals surface area contributed by atoms with E-state index in [0.29, 0.717) is 18.5 Å². The van der Waals surface area contributed by atoms with Crippen molar-refractivity contribution in [3.05, 3.63) is 71.8 Å². The van der Waals surface area contributed by atoms with Crippen molar-refractivity contribution in [3.8, 4) is 11.3 Å². The Morgan fingerprint density at radius 2 is 2.11 bits per heavy atom. The second kappa shape index (κ2) is 7.33. The zero-order chi connectivity index (χ0) is 18.6. The number of nitrogens with one attached hydrogen (secondary N) is 2. The summed E-state index contributed by atoms with van der Waals surface area (Å²) in [7, 11) is 0. The van der Waals surface area contributed by atoms with Gasteiger partial charge in [-0.05, 0) is 37.3 Å². The number of rotatable bonds is 5. The van der Waals surface area contributed by atoms with E-state index in [1.165, 1.54) is 0 Å². The lowest BCUT2D eigenvalue weighted by Gasteiger charge is -2.11. The van der Waals surface area contributed by atoms with Crippen LogP contribution in [0.1, 0.15) is 21.6 Å². The standard InChI is InChI=1S/C20H18N6O/c1-13-4-5-18-16(9-13)17(10-19(24-18)14-3-2-7-21-11-14)20(27)22-8-6-15-12-23-26-25-15/h2-5,7,9-12H,6,8H2,1H3,(H,22,27)(H,23,25,26). The summed E-state index contributed by atoms with van der Waals surface area (Å²) < 4.78 is 0. The molecule has 0 aliphatic carbocycles. The molecule has 3 aromatic heterocycles. The molecule has 0 bridgehead atoms. The van der Waals surface area contributed by atoms with Crippen molar-refractivity contribution in [3.63, 3.8) is 0 Å². The number of hydrogen-bond donors (Lipinski definition) is 2. The molecule has 0 atom stereocenters. The molecule has 27 heavy (non-hydrogen) atoms. The van der Waals surface area contributed by atoms with Gasteiger partial charge in [-0.2, -0.15) is 15.4 Å². The molecule has 4 aromatic rings. The van der Waals surface area contributed by atoms with Gasteiger partial charge in [0.2, 0.25) is 0 Å². The Morgan fingerprint density at radius 3 is 2.89 bits per heavy atom. The highest BCUT2D eigenvalue weighted by atomic mass is 16.1. The van der Waals surface area contributed by atoms with Crippen LogP contribution in [0.5, 0.6) is 0 Å². The molecule has 0 fully saturated rings. The molecule has 0 radical (unpaired) electrons. The molecular weight excluding hydrogens is 340 g/mol. The van der Waals surface area contributed by atoms with Gasteiger partial charge in [-0.3, -0.25) is 9.78 Å². The summed E-state index contributed by atoms with van der Waals surface area (Å²) in [5.41, 5.74) is 4.86. The molecule has 0 aliphatic rings. The van der Waals surface area contributed by atoms with Gasteiger partial charge in [0.15, 0.2) is 0 Å². The molecule has 0 aliphatic heterocycles. The van der Waals surface area contributed by atoms with E-state index in [1.54, 1.807) is 18.6 Å². The Morgan fingerprint density at radius 1 is 1.19 bits per heavy atom. The maximum Gasteiger partial charge on any atom is 0.252 e. The fourth-order valence-electron chi connectivity index (χ4n) is 2.93. The molecule has 134 valence electrons. The Balaban J connectivity index is 1.68. The predicted octanol–water partition coefficient (Wildman–Crippen LogP) is 2.70. The van der Waals surface area contributed by atoms with Gasteiger partial charge in [0.25, 0.3) is 5.91 Å². The fraction of sp³-hybridized carbons (Fsp3) is 0.150. The average molecular weight is 358 g/mol. The maximum atomic E-state index is 12.9. The quantitative estimate of drug-likeness (QED) is 0.572. The number of nitrogens with zero attached hydrogens (tertiary/aromatic N) is 4. The Labute approximate surface area is 155 Å². The van der Waals surface area contributed by atoms with Crippen LogP contribution in [-0.2, 0) is 6.42 Å². The third-order valence-electron chi connectivity index (χ3n) is 4.30. The highest BCUT2D eigenvalue weighted by Gasteiger charge is 2.14. The van der Waals surface area contributed by atoms with Gasteiger partial charge in [-0.1, -0.05) is 11.6 Å². The van der Waals surface area contributed by atoms with E-state index in [9.17, 15) is 4.79 Å². The number of hydrogen-bond acceptors (Lipinski definition) is 5. The lowest BCUT2D eigenvalue weighted by Crippen LogP contribution is -2.26. The molecule has 2 N–H and O–H groups in total. The molecule has 1 aromatic carbocycles. The molecule has 0 spiro atoms. The van der Waals surface area contributed by atoms with Crippen LogP contribution < -0.4 is 5.32 Å². The molecule has 1 amide bonds. The van der Waals surface area contributed by atoms with Crippen LogP contribution in [0, 0.1) is 6.92 Å². The van der Waals surface area contributed by atoms with Gasteiger partial charge < -0.3 is 5.32 Å². The SMILES string of the molecule is Cc1ccc2nc(-c3cccnc3)cc(C(=O)NCCc3cn[nH]n3)c2c1. The first-order valence-electron chi connectivity index (χ1n) is 8.65. The van der Waals surface area contributed by atoms with Crippen molar-refractivity contribution in [2.24, 2.45) is 0 Å². The van der Waals surface area contributed by atoms with Crippen LogP contribution in [-0.4, -0.2) is 37.8 Å². The van der Waals surface area contributed by atoms with Crippen molar-refractivity contribution in [1.29, 1.82) is 0 Å². The summed E-state index contributed by atoms with van der Waals surface area (Å²) in [5.74, 6) is -0.137. The van der Waals surface area contributed by atoms with Crippen molar-refractivity contribution in [2.45, 2.75) is 13.3 Å². The number of carbonyl (C=O) groups excluding carboxylic acids is 1. The van der Waals surface area contributed by atoms with E-state index >= 15 is 0 Å². The molecular formula is C20H18N6O. The molecule has 0 unspecified atom stereocenters. The normalized spacial score (nSPS) is 10.9. The second-order valence-corrected chi connectivity index (χ2v) is 6.28. The first-order valence-corrected chi connectivity index (χ1v) is 8.65. The van der Waals surface area contributed by atoms with Crippen LogP contribution in [0.15, 0.2) is 55.0 Å². The summed E-state index contributed by atoms with van der Waals surface area (Å²) in [6, 6.07) is 11.5. The predicted molar refractivity (Wildman–Crippen MR) is 102 cm³/mol. The third-order valence-corrected chi connectivity index (χ3v) is 4.30. The number of aromatic amines is 1. The lowest BCUT2D eigenvalue weighted by atomic mass is 10.0. The van der Waals surface area contributed by atoms with E-state index in [2.05, 4.69) is 25.7 Å². The third kappa shape index (κ3) is 3.67. The number of pyridine rings is 2. The molecule has 7 nitrogen and oxygen atoms in total. The lowest BCUT2D eigenvalue weighted by molar-refractivity contribution is 0.0955. The highest BCUT2D eigenvalue weighted by Crippen LogP contribution is 2.25. The number of H-pyrrole nitrogens is 1. The van der Waals surface area contributed by atoms with Gasteiger partial charge >= 0.3 is 0 Å². The summed E-state index contributed by atoms with van der Waals surface area (Å²) in [4.78, 5) is 21.7. The minimum absolute atomic E-state index is 0.137. The Kier molecular flexibility index (Phi) is 4.57. The van der Waals surface area contributed by atoms with Crippen molar-refractivity contribution < 1.29 is 4.79 Å². The highest BCUT2D eigenvalue weighted by molar-refractivity contribution is 6.07. The number of carbonyl (C=O) groups is 1. The molecule has 4 rings (SSSR count). The van der Waals surface area contributed by atoms with Gasteiger partial charge in [-0.15, -0.1) is 0 Å². The largest absolute Gasteiger partial charge is 0.352 e. The summed E-state index contributed by atoms with van der Waals surface area (Å²) in [6.45, 7) is 2.48. The van der Waals surface area contributed by atoms with Gasteiger partial charge in [0, 0.05) is 36.3 Å². The van der Waals surface area contributed by atoms with Crippen LogP contribution in [0.3, 0.4) is 0 Å². The second-order valence-electron chi connectivity index (χ2n) is 6.28. The van der Waals surface area contributed by atoms with Gasteiger partial charge in [-0.25, -0.2) is 4.98 Å². The van der Waals surface area contributed by atoms with Crippen LogP contribution in [0.4, 0.5) is 0 Å². The van der Waals surface area contributed by atoms with Crippen LogP contribution in [0.25, 0.3) is 22.2 Å². The van der Waals surface area contributed by atoms with Crippen molar-refractivity contribution in [2.75, 3.05) is 6.54 Å². The van der Waals surface area contributed by atoms with Crippen molar-refractivity contribution in [1.82, 2.24) is 30.7 Å². The minimum atomic E-state index is -0.137. The maximum absolute atomic E-state index is 12.9. The first kappa shape index (κ1) is 16.8. The van der Waals surface area contributed by atoms with E-state index in [-0.39, 0.29) is 5.91 Å². The van der Waals surface area contributed by atoms with Crippen LogP contribution in [0.2, 0.25) is 0 Å². The molecule has 0 saturated carbocycles. The van der Waals surface area contributed by atoms with Gasteiger partial charge in [0.05, 0.1) is 28.7 Å². The average Bonchev–Trinajstić information content (AvgIpc) is 3.21. The smallest absolute Gasteiger partial charge is 0.252 e. The number of aryl methyl sites for hydroxylation is 1. The summed E-state index contributed by atoms with van der Waals surface area (Å²) in [5, 5.41) is 14.1. The zero-order valence-electron chi connectivity index (χ0n) is 14.8. The first-order chi connectivity index (χ1) is 13.2. The molecule has 0 saturated heterocycles. The summed E-state index contributed by atoms with van der Waals surface area (Å²) >= 11 is 0. The number of aromatic nitrogens is 5. The van der Waals surface area contributed by atoms with Gasteiger partial charge in [0.1, 0.15) is 0 Å². The Hall–Kier alpha value is -3.61. The molecule has 7 heteroatoms. The number of benzene rings is 1. The number of amides is 1. The Bertz CT molecular complexity index is 1080. The van der Waals surface area contributed by atoms with Crippen molar-refractivity contribution >= 4 is 16.8 Å². The number of fused-ring (bicyclic) bond motifs is 1. The monoisotopic (exact) mass is 358 g/mol. The van der Waals surface area contributed by atoms with E-state index in [1.807, 2.05) is 43.3 Å². The summed E-state index contributed by atoms with van der Waals surface area (Å²) in [6.07, 6.45) is 5.72. The van der Waals surface area contributed by atoms with E-state index < -0.39 is 0 Å². The molecule has 3 heterocycles. The van der Waals surface area contributed by atoms with E-state index in [0.717, 1.165) is 33.4 Å². The fourth-order valence-corrected chi connectivity index (χ4v) is 2.93.